The molecule has 0 atom stereocenters. The van der Waals surface area contributed by atoms with Crippen LogP contribution in [0.2, 0.25) is 0 Å². The third kappa shape index (κ3) is 8.41. The minimum Gasteiger partial charge on any atom is -0.465 e. The molecule has 0 radical (unpaired) electrons. The third-order valence-corrected chi connectivity index (χ3v) is 2.58. The second-order valence-electron chi connectivity index (χ2n) is 4.95. The van der Waals surface area contributed by atoms with E-state index in [2.05, 4.69) is 11.7 Å². The van der Waals surface area contributed by atoms with Gasteiger partial charge in [0.2, 0.25) is 0 Å². The Morgan fingerprint density at radius 2 is 1.79 bits per heavy atom. The Morgan fingerprint density at radius 1 is 1.11 bits per heavy atom. The molecule has 0 saturated heterocycles. The standard InChI is InChI=1S/C15H26O4/c1-5-6-7-8-9-10-13(14(16)18-4)15(17)19-11-12(2)3/h10,12H,5-9,11H2,1-4H3/b13-10+. The lowest BCUT2D eigenvalue weighted by atomic mass is 10.1. The molecule has 0 aromatic rings. The molecule has 0 N–H and O–H groups in total. The molecule has 0 amide bonds. The average molecular weight is 270 g/mol. The lowest BCUT2D eigenvalue weighted by molar-refractivity contribution is -0.146. The zero-order valence-electron chi connectivity index (χ0n) is 12.5. The first-order chi connectivity index (χ1) is 9.02. The molecule has 0 bridgehead atoms. The van der Waals surface area contributed by atoms with E-state index in [1.807, 2.05) is 13.8 Å². The highest BCUT2D eigenvalue weighted by Crippen LogP contribution is 2.09. The SMILES string of the molecule is CCCCCC/C=C(\C(=O)OC)C(=O)OCC(C)C. The Balaban J connectivity index is 4.40. The van der Waals surface area contributed by atoms with Crippen molar-refractivity contribution in [1.29, 1.82) is 0 Å². The molecule has 0 aromatic carbocycles. The van der Waals surface area contributed by atoms with Crippen LogP contribution in [0.4, 0.5) is 0 Å². The van der Waals surface area contributed by atoms with Crippen LogP contribution < -0.4 is 0 Å². The molecular weight excluding hydrogens is 244 g/mol. The number of ether oxygens (including phenoxy) is 2. The van der Waals surface area contributed by atoms with E-state index in [9.17, 15) is 9.59 Å². The molecule has 110 valence electrons. The largest absolute Gasteiger partial charge is 0.465 e. The van der Waals surface area contributed by atoms with E-state index in [0.29, 0.717) is 13.0 Å². The van der Waals surface area contributed by atoms with Gasteiger partial charge >= 0.3 is 11.9 Å². The van der Waals surface area contributed by atoms with Gasteiger partial charge in [-0.2, -0.15) is 0 Å². The molecule has 0 aliphatic rings. The molecule has 0 aromatic heterocycles. The molecule has 19 heavy (non-hydrogen) atoms. The summed E-state index contributed by atoms with van der Waals surface area (Å²) in [5.41, 5.74) is 0.0136. The van der Waals surface area contributed by atoms with Crippen molar-refractivity contribution in [2.75, 3.05) is 13.7 Å². The van der Waals surface area contributed by atoms with Crippen LogP contribution in [0.3, 0.4) is 0 Å². The van der Waals surface area contributed by atoms with Crippen molar-refractivity contribution in [2.24, 2.45) is 5.92 Å². The average Bonchev–Trinajstić information content (AvgIpc) is 2.39. The summed E-state index contributed by atoms with van der Waals surface area (Å²) in [4.78, 5) is 23.3. The predicted octanol–water partition coefficient (Wildman–Crippen LogP) is 3.26. The number of esters is 2. The summed E-state index contributed by atoms with van der Waals surface area (Å²) in [7, 11) is 1.27. The van der Waals surface area contributed by atoms with E-state index < -0.39 is 11.9 Å². The van der Waals surface area contributed by atoms with E-state index in [4.69, 9.17) is 4.74 Å². The van der Waals surface area contributed by atoms with Gasteiger partial charge in [0.25, 0.3) is 0 Å². The number of unbranched alkanes of at least 4 members (excludes halogenated alkanes) is 4. The molecule has 4 nitrogen and oxygen atoms in total. The summed E-state index contributed by atoms with van der Waals surface area (Å²) in [5, 5.41) is 0. The van der Waals surface area contributed by atoms with Crippen LogP contribution in [-0.2, 0) is 19.1 Å². The topological polar surface area (TPSA) is 52.6 Å². The minimum absolute atomic E-state index is 0.0136. The normalized spacial score (nSPS) is 11.5. The summed E-state index contributed by atoms with van der Waals surface area (Å²) in [5.74, 6) is -0.965. The molecule has 0 heterocycles. The molecule has 4 heteroatoms. The van der Waals surface area contributed by atoms with Crippen molar-refractivity contribution in [3.05, 3.63) is 11.6 Å². The van der Waals surface area contributed by atoms with Crippen LogP contribution >= 0.6 is 0 Å². The van der Waals surface area contributed by atoms with Crippen molar-refractivity contribution < 1.29 is 19.1 Å². The van der Waals surface area contributed by atoms with Crippen LogP contribution in [0.1, 0.15) is 52.9 Å². The van der Waals surface area contributed by atoms with Crippen LogP contribution in [0.5, 0.6) is 0 Å². The summed E-state index contributed by atoms with van der Waals surface area (Å²) >= 11 is 0. The first-order valence-electron chi connectivity index (χ1n) is 6.98. The smallest absolute Gasteiger partial charge is 0.345 e. The number of methoxy groups -OCH3 is 1. The highest BCUT2D eigenvalue weighted by Gasteiger charge is 2.20. The fourth-order valence-corrected chi connectivity index (χ4v) is 1.50. The van der Waals surface area contributed by atoms with Crippen LogP contribution in [-0.4, -0.2) is 25.7 Å². The Hall–Kier alpha value is -1.32. The van der Waals surface area contributed by atoms with Crippen molar-refractivity contribution in [3.8, 4) is 0 Å². The van der Waals surface area contributed by atoms with Crippen LogP contribution in [0, 0.1) is 5.92 Å². The van der Waals surface area contributed by atoms with Gasteiger partial charge < -0.3 is 9.47 Å². The van der Waals surface area contributed by atoms with Gasteiger partial charge in [0.05, 0.1) is 13.7 Å². The summed E-state index contributed by atoms with van der Waals surface area (Å²) < 4.78 is 9.67. The molecule has 0 fully saturated rings. The fraction of sp³-hybridized carbons (Fsp3) is 0.733. The Labute approximate surface area is 116 Å². The number of hydrogen-bond donors (Lipinski definition) is 0. The lowest BCUT2D eigenvalue weighted by Gasteiger charge is -2.08. The quantitative estimate of drug-likeness (QED) is 0.212. The zero-order valence-corrected chi connectivity index (χ0v) is 12.5. The van der Waals surface area contributed by atoms with Crippen molar-refractivity contribution in [2.45, 2.75) is 52.9 Å². The van der Waals surface area contributed by atoms with Gasteiger partial charge in [0, 0.05) is 0 Å². The van der Waals surface area contributed by atoms with Gasteiger partial charge in [-0.3, -0.25) is 0 Å². The Bertz CT molecular complexity index is 305. The van der Waals surface area contributed by atoms with E-state index in [1.54, 1.807) is 6.08 Å². The number of carbonyl (C=O) groups is 2. The first kappa shape index (κ1) is 17.7. The molecule has 0 aliphatic carbocycles. The Kier molecular flexibility index (Phi) is 9.85. The molecular formula is C15H26O4. The third-order valence-electron chi connectivity index (χ3n) is 2.58. The van der Waals surface area contributed by atoms with Crippen molar-refractivity contribution in [1.82, 2.24) is 0 Å². The maximum absolute atomic E-state index is 11.8. The highest BCUT2D eigenvalue weighted by molar-refractivity contribution is 6.13. The Morgan fingerprint density at radius 3 is 2.32 bits per heavy atom. The van der Waals surface area contributed by atoms with E-state index in [1.165, 1.54) is 13.5 Å². The molecule has 0 unspecified atom stereocenters. The number of allylic oxidation sites excluding steroid dienone is 1. The number of carbonyl (C=O) groups excluding carboxylic acids is 2. The summed E-state index contributed by atoms with van der Waals surface area (Å²) in [6, 6.07) is 0. The van der Waals surface area contributed by atoms with Crippen molar-refractivity contribution >= 4 is 11.9 Å². The van der Waals surface area contributed by atoms with Gasteiger partial charge in [-0.05, 0) is 18.8 Å². The van der Waals surface area contributed by atoms with Gasteiger partial charge in [-0.15, -0.1) is 0 Å². The molecule has 0 rings (SSSR count). The van der Waals surface area contributed by atoms with Gasteiger partial charge in [-0.1, -0.05) is 46.1 Å². The summed E-state index contributed by atoms with van der Waals surface area (Å²) in [6.45, 7) is 6.33. The summed E-state index contributed by atoms with van der Waals surface area (Å²) in [6.07, 6.45) is 6.71. The highest BCUT2D eigenvalue weighted by atomic mass is 16.5. The lowest BCUT2D eigenvalue weighted by Crippen LogP contribution is -2.19. The van der Waals surface area contributed by atoms with E-state index in [-0.39, 0.29) is 11.5 Å². The number of rotatable bonds is 9. The van der Waals surface area contributed by atoms with Gasteiger partial charge in [0.1, 0.15) is 5.57 Å². The second-order valence-corrected chi connectivity index (χ2v) is 4.95. The van der Waals surface area contributed by atoms with Crippen molar-refractivity contribution in [3.63, 3.8) is 0 Å². The van der Waals surface area contributed by atoms with E-state index in [0.717, 1.165) is 19.3 Å². The fourth-order valence-electron chi connectivity index (χ4n) is 1.50. The zero-order chi connectivity index (χ0) is 14.7. The van der Waals surface area contributed by atoms with E-state index >= 15 is 0 Å². The van der Waals surface area contributed by atoms with Gasteiger partial charge in [0.15, 0.2) is 0 Å². The first-order valence-corrected chi connectivity index (χ1v) is 6.98. The van der Waals surface area contributed by atoms with Gasteiger partial charge in [-0.25, -0.2) is 9.59 Å². The molecule has 0 saturated carbocycles. The minimum atomic E-state index is -0.621. The molecule has 0 aliphatic heterocycles. The second kappa shape index (κ2) is 10.6. The monoisotopic (exact) mass is 270 g/mol. The maximum Gasteiger partial charge on any atom is 0.345 e. The predicted molar refractivity (Wildman–Crippen MR) is 74.7 cm³/mol. The number of hydrogen-bond acceptors (Lipinski definition) is 4. The van der Waals surface area contributed by atoms with Crippen LogP contribution in [0.25, 0.3) is 0 Å². The molecule has 0 spiro atoms. The maximum atomic E-state index is 11.8. The van der Waals surface area contributed by atoms with Crippen LogP contribution in [0.15, 0.2) is 11.6 Å².